The molecular weight excluding hydrogens is 339 g/mol. The van der Waals surface area contributed by atoms with Crippen LogP contribution in [0.5, 0.6) is 0 Å². The number of fused-ring (bicyclic) bond motifs is 1. The van der Waals surface area contributed by atoms with Crippen molar-refractivity contribution in [2.75, 3.05) is 0 Å². The minimum absolute atomic E-state index is 0.0902. The van der Waals surface area contributed by atoms with Crippen LogP contribution in [-0.2, 0) is 12.8 Å². The van der Waals surface area contributed by atoms with E-state index >= 15 is 0 Å². The van der Waals surface area contributed by atoms with Gasteiger partial charge in [0.15, 0.2) is 5.69 Å². The summed E-state index contributed by atoms with van der Waals surface area (Å²) in [6.07, 6.45) is 3.45. The van der Waals surface area contributed by atoms with E-state index in [9.17, 15) is 14.3 Å². The van der Waals surface area contributed by atoms with Crippen molar-refractivity contribution in [3.63, 3.8) is 0 Å². The fraction of sp³-hybridized carbons (Fsp3) is 0.333. The van der Waals surface area contributed by atoms with Crippen LogP contribution in [0.2, 0.25) is 0 Å². The molecule has 0 amide bonds. The number of carboxylic acid groups (broad SMARTS) is 1. The van der Waals surface area contributed by atoms with Gasteiger partial charge < -0.3 is 5.11 Å². The summed E-state index contributed by atoms with van der Waals surface area (Å²) < 4.78 is 15.8. The summed E-state index contributed by atoms with van der Waals surface area (Å²) in [6.45, 7) is 1.86. The largest absolute Gasteiger partial charge is 0.476 e. The molecule has 3 rings (SSSR count). The van der Waals surface area contributed by atoms with Gasteiger partial charge in [-0.3, -0.25) is 0 Å². The van der Waals surface area contributed by atoms with E-state index in [1.54, 1.807) is 10.7 Å². The minimum atomic E-state index is -1.03. The van der Waals surface area contributed by atoms with Crippen LogP contribution in [0.3, 0.4) is 0 Å². The molecule has 0 saturated carbocycles. The van der Waals surface area contributed by atoms with Crippen LogP contribution in [0.1, 0.15) is 40.2 Å². The van der Waals surface area contributed by atoms with E-state index in [4.69, 9.17) is 0 Å². The molecule has 110 valence electrons. The van der Waals surface area contributed by atoms with Crippen molar-refractivity contribution >= 4 is 21.9 Å². The SMILES string of the molecule is Cc1cc(Br)c(F)cc1-n1nc(C(=O)O)c2c1CCCC2. The molecule has 1 heterocycles. The summed E-state index contributed by atoms with van der Waals surface area (Å²) in [4.78, 5) is 11.4. The second kappa shape index (κ2) is 5.26. The number of nitrogens with zero attached hydrogens (tertiary/aromatic N) is 2. The number of aromatic carboxylic acids is 1. The number of carbonyl (C=O) groups is 1. The Morgan fingerprint density at radius 3 is 2.81 bits per heavy atom. The summed E-state index contributed by atoms with van der Waals surface area (Å²) in [7, 11) is 0. The van der Waals surface area contributed by atoms with E-state index in [1.165, 1.54) is 6.07 Å². The molecule has 1 aromatic carbocycles. The fourth-order valence-corrected chi connectivity index (χ4v) is 3.29. The van der Waals surface area contributed by atoms with Gasteiger partial charge in [0.2, 0.25) is 0 Å². The van der Waals surface area contributed by atoms with Crippen molar-refractivity contribution in [2.24, 2.45) is 0 Å². The number of rotatable bonds is 2. The molecule has 1 aromatic heterocycles. The number of aromatic nitrogens is 2. The van der Waals surface area contributed by atoms with Crippen LogP contribution in [-0.4, -0.2) is 20.9 Å². The lowest BCUT2D eigenvalue weighted by Gasteiger charge is -2.15. The van der Waals surface area contributed by atoms with Crippen molar-refractivity contribution < 1.29 is 14.3 Å². The Bertz CT molecular complexity index is 740. The molecule has 0 unspecified atom stereocenters. The lowest BCUT2D eigenvalue weighted by Crippen LogP contribution is -2.09. The molecular formula is C15H14BrFN2O2. The molecule has 1 aliphatic rings. The van der Waals surface area contributed by atoms with Crippen molar-refractivity contribution in [3.8, 4) is 5.69 Å². The number of halogens is 2. The Kier molecular flexibility index (Phi) is 3.57. The van der Waals surface area contributed by atoms with Gasteiger partial charge in [0.05, 0.1) is 10.2 Å². The van der Waals surface area contributed by atoms with E-state index in [1.807, 2.05) is 6.92 Å². The second-order valence-corrected chi connectivity index (χ2v) is 6.11. The van der Waals surface area contributed by atoms with Crippen molar-refractivity contribution in [2.45, 2.75) is 32.6 Å². The molecule has 6 heteroatoms. The molecule has 0 radical (unpaired) electrons. The van der Waals surface area contributed by atoms with Crippen LogP contribution in [0.15, 0.2) is 16.6 Å². The van der Waals surface area contributed by atoms with Gasteiger partial charge in [0.1, 0.15) is 5.82 Å². The minimum Gasteiger partial charge on any atom is -0.476 e. The van der Waals surface area contributed by atoms with Gasteiger partial charge >= 0.3 is 5.97 Å². The Morgan fingerprint density at radius 1 is 1.38 bits per heavy atom. The first-order chi connectivity index (χ1) is 9.99. The first-order valence-electron chi connectivity index (χ1n) is 6.79. The summed E-state index contributed by atoms with van der Waals surface area (Å²) in [5, 5.41) is 13.5. The molecule has 0 saturated heterocycles. The van der Waals surface area contributed by atoms with Crippen LogP contribution >= 0.6 is 15.9 Å². The molecule has 1 aliphatic carbocycles. The highest BCUT2D eigenvalue weighted by Gasteiger charge is 2.26. The van der Waals surface area contributed by atoms with Gasteiger partial charge in [-0.2, -0.15) is 5.10 Å². The Hall–Kier alpha value is -1.69. The molecule has 0 atom stereocenters. The molecule has 0 fully saturated rings. The maximum atomic E-state index is 13.8. The first-order valence-corrected chi connectivity index (χ1v) is 7.58. The van der Waals surface area contributed by atoms with Gasteiger partial charge in [0, 0.05) is 17.3 Å². The second-order valence-electron chi connectivity index (χ2n) is 5.25. The number of hydrogen-bond donors (Lipinski definition) is 1. The zero-order chi connectivity index (χ0) is 15.1. The van der Waals surface area contributed by atoms with E-state index in [-0.39, 0.29) is 11.5 Å². The van der Waals surface area contributed by atoms with E-state index < -0.39 is 5.97 Å². The van der Waals surface area contributed by atoms with Crippen LogP contribution in [0.25, 0.3) is 5.69 Å². The van der Waals surface area contributed by atoms with E-state index in [0.717, 1.165) is 42.5 Å². The Labute approximate surface area is 129 Å². The normalized spacial score (nSPS) is 14.0. The van der Waals surface area contributed by atoms with Crippen molar-refractivity contribution in [1.29, 1.82) is 0 Å². The van der Waals surface area contributed by atoms with Crippen molar-refractivity contribution in [1.82, 2.24) is 9.78 Å². The third-order valence-electron chi connectivity index (χ3n) is 3.85. The standard InChI is InChI=1S/C15H14BrFN2O2/c1-8-6-10(16)11(17)7-13(8)19-12-5-3-2-4-9(12)14(18-19)15(20)21/h6-7H,2-5H2,1H3,(H,20,21). The molecule has 0 aliphatic heterocycles. The summed E-state index contributed by atoms with van der Waals surface area (Å²) in [6, 6.07) is 3.08. The fourth-order valence-electron chi connectivity index (χ4n) is 2.83. The maximum absolute atomic E-state index is 13.8. The molecule has 0 bridgehead atoms. The lowest BCUT2D eigenvalue weighted by atomic mass is 9.95. The van der Waals surface area contributed by atoms with Gasteiger partial charge in [-0.25, -0.2) is 13.9 Å². The van der Waals surface area contributed by atoms with Gasteiger partial charge in [-0.05, 0) is 60.2 Å². The maximum Gasteiger partial charge on any atom is 0.356 e. The smallest absolute Gasteiger partial charge is 0.356 e. The predicted molar refractivity (Wildman–Crippen MR) is 79.6 cm³/mol. The molecule has 4 nitrogen and oxygen atoms in total. The molecule has 2 aromatic rings. The monoisotopic (exact) mass is 352 g/mol. The highest BCUT2D eigenvalue weighted by Crippen LogP contribution is 2.30. The van der Waals surface area contributed by atoms with E-state index in [0.29, 0.717) is 10.2 Å². The van der Waals surface area contributed by atoms with E-state index in [2.05, 4.69) is 21.0 Å². The average molecular weight is 353 g/mol. The third kappa shape index (κ3) is 2.37. The van der Waals surface area contributed by atoms with Gasteiger partial charge in [0.25, 0.3) is 0 Å². The topological polar surface area (TPSA) is 55.1 Å². The average Bonchev–Trinajstić information content (AvgIpc) is 2.82. The number of hydrogen-bond acceptors (Lipinski definition) is 2. The summed E-state index contributed by atoms with van der Waals surface area (Å²) in [5.74, 6) is -1.41. The highest BCUT2D eigenvalue weighted by molar-refractivity contribution is 9.10. The van der Waals surface area contributed by atoms with Crippen LogP contribution in [0.4, 0.5) is 4.39 Å². The third-order valence-corrected chi connectivity index (χ3v) is 4.46. The zero-order valence-electron chi connectivity index (χ0n) is 11.5. The molecule has 21 heavy (non-hydrogen) atoms. The van der Waals surface area contributed by atoms with Crippen LogP contribution < -0.4 is 0 Å². The summed E-state index contributed by atoms with van der Waals surface area (Å²) in [5.41, 5.74) is 3.21. The Morgan fingerprint density at radius 2 is 2.10 bits per heavy atom. The lowest BCUT2D eigenvalue weighted by molar-refractivity contribution is 0.0688. The molecule has 1 N–H and O–H groups in total. The summed E-state index contributed by atoms with van der Waals surface area (Å²) >= 11 is 3.16. The number of carboxylic acids is 1. The predicted octanol–water partition coefficient (Wildman–Crippen LogP) is 3.66. The quantitative estimate of drug-likeness (QED) is 0.897. The first kappa shape index (κ1) is 14.3. The van der Waals surface area contributed by atoms with Gasteiger partial charge in [-0.15, -0.1) is 0 Å². The Balaban J connectivity index is 2.24. The molecule has 0 spiro atoms. The van der Waals surface area contributed by atoms with Crippen LogP contribution in [0, 0.1) is 12.7 Å². The van der Waals surface area contributed by atoms with Crippen molar-refractivity contribution in [3.05, 3.63) is 44.9 Å². The number of aryl methyl sites for hydroxylation is 1. The number of benzene rings is 1. The highest BCUT2D eigenvalue weighted by atomic mass is 79.9. The van der Waals surface area contributed by atoms with Gasteiger partial charge in [-0.1, -0.05) is 0 Å². The zero-order valence-corrected chi connectivity index (χ0v) is 13.1.